The fourth-order valence-corrected chi connectivity index (χ4v) is 3.28. The van der Waals surface area contributed by atoms with Crippen LogP contribution in [-0.2, 0) is 16.3 Å². The van der Waals surface area contributed by atoms with E-state index in [0.717, 1.165) is 17.0 Å². The molecule has 164 valence electrons. The average Bonchev–Trinajstić information content (AvgIpc) is 2.69. The lowest BCUT2D eigenvalue weighted by molar-refractivity contribution is 0.242. The van der Waals surface area contributed by atoms with Gasteiger partial charge in [-0.3, -0.25) is 4.99 Å². The standard InChI is InChI=1S/C22H30FN3O3S/c1-4-30(27,28)15-14-25-22(24-13-12-18-6-5-7-19(23)16-18)26-20-8-10-21(11-9-20)29-17(2)3/h5-11,16-17H,4,12-15H2,1-3H3,(H2,24,25,26). The highest BCUT2D eigenvalue weighted by Crippen LogP contribution is 2.16. The number of rotatable bonds is 10. The van der Waals surface area contributed by atoms with Gasteiger partial charge in [0.15, 0.2) is 15.8 Å². The molecule has 0 aliphatic rings. The van der Waals surface area contributed by atoms with Crippen LogP contribution in [0.15, 0.2) is 53.5 Å². The van der Waals surface area contributed by atoms with Gasteiger partial charge >= 0.3 is 0 Å². The second-order valence-corrected chi connectivity index (χ2v) is 9.56. The third-order valence-electron chi connectivity index (χ3n) is 4.20. The lowest BCUT2D eigenvalue weighted by Crippen LogP contribution is -2.33. The summed E-state index contributed by atoms with van der Waals surface area (Å²) in [5.41, 5.74) is 1.66. The molecule has 0 aliphatic carbocycles. The molecule has 0 radical (unpaired) electrons. The molecule has 2 aromatic carbocycles. The van der Waals surface area contributed by atoms with Gasteiger partial charge in [0.2, 0.25) is 0 Å². The lowest BCUT2D eigenvalue weighted by Gasteiger charge is -2.14. The number of halogens is 1. The zero-order chi connectivity index (χ0) is 22.0. The Bertz CT molecular complexity index is 929. The highest BCUT2D eigenvalue weighted by molar-refractivity contribution is 7.91. The Morgan fingerprint density at radius 3 is 2.53 bits per heavy atom. The summed E-state index contributed by atoms with van der Waals surface area (Å²) in [5.74, 6) is 1.04. The van der Waals surface area contributed by atoms with Gasteiger partial charge in [-0.1, -0.05) is 19.1 Å². The Morgan fingerprint density at radius 2 is 1.90 bits per heavy atom. The van der Waals surface area contributed by atoms with Crippen molar-refractivity contribution >= 4 is 21.5 Å². The van der Waals surface area contributed by atoms with Crippen LogP contribution in [0, 0.1) is 5.82 Å². The first kappa shape index (κ1) is 23.7. The quantitative estimate of drug-likeness (QED) is 0.440. The minimum absolute atomic E-state index is 0.0125. The molecule has 0 amide bonds. The highest BCUT2D eigenvalue weighted by atomic mass is 32.2. The Balaban J connectivity index is 2.02. The van der Waals surface area contributed by atoms with Crippen LogP contribution < -0.4 is 15.4 Å². The number of nitrogens with one attached hydrogen (secondary N) is 2. The summed E-state index contributed by atoms with van der Waals surface area (Å²) in [5, 5.41) is 6.35. The number of ether oxygens (including phenoxy) is 1. The highest BCUT2D eigenvalue weighted by Gasteiger charge is 2.07. The predicted molar refractivity (Wildman–Crippen MR) is 121 cm³/mol. The van der Waals surface area contributed by atoms with E-state index in [0.29, 0.717) is 18.9 Å². The molecule has 0 atom stereocenters. The van der Waals surface area contributed by atoms with Gasteiger partial charge in [0.25, 0.3) is 0 Å². The molecule has 0 heterocycles. The molecule has 0 aliphatic heterocycles. The van der Waals surface area contributed by atoms with E-state index >= 15 is 0 Å². The van der Waals surface area contributed by atoms with Gasteiger partial charge in [0, 0.05) is 18.0 Å². The van der Waals surface area contributed by atoms with Crippen molar-refractivity contribution in [3.63, 3.8) is 0 Å². The molecule has 0 spiro atoms. The van der Waals surface area contributed by atoms with E-state index in [9.17, 15) is 12.8 Å². The molecule has 2 rings (SSSR count). The van der Waals surface area contributed by atoms with Crippen LogP contribution in [0.5, 0.6) is 5.75 Å². The summed E-state index contributed by atoms with van der Waals surface area (Å²) in [6.45, 7) is 6.22. The van der Waals surface area contributed by atoms with E-state index in [1.54, 1.807) is 13.0 Å². The first-order chi connectivity index (χ1) is 14.3. The van der Waals surface area contributed by atoms with Gasteiger partial charge in [-0.2, -0.15) is 0 Å². The number of sulfone groups is 1. The summed E-state index contributed by atoms with van der Waals surface area (Å²) < 4.78 is 42.5. The van der Waals surface area contributed by atoms with Crippen molar-refractivity contribution in [3.8, 4) is 5.75 Å². The smallest absolute Gasteiger partial charge is 0.195 e. The van der Waals surface area contributed by atoms with Gasteiger partial charge in [0.05, 0.1) is 18.4 Å². The number of aliphatic imine (C=N–C) groups is 1. The number of guanidine groups is 1. The van der Waals surface area contributed by atoms with Gasteiger partial charge in [0.1, 0.15) is 11.6 Å². The fraction of sp³-hybridized carbons (Fsp3) is 0.409. The van der Waals surface area contributed by atoms with Gasteiger partial charge in [-0.25, -0.2) is 12.8 Å². The molecule has 30 heavy (non-hydrogen) atoms. The van der Waals surface area contributed by atoms with Crippen molar-refractivity contribution < 1.29 is 17.5 Å². The Labute approximate surface area is 178 Å². The number of benzene rings is 2. The number of hydrogen-bond donors (Lipinski definition) is 2. The predicted octanol–water partition coefficient (Wildman–Crippen LogP) is 3.65. The number of anilines is 1. The van der Waals surface area contributed by atoms with Crippen LogP contribution in [0.3, 0.4) is 0 Å². The minimum atomic E-state index is -3.09. The normalized spacial score (nSPS) is 12.1. The molecular formula is C22H30FN3O3S. The largest absolute Gasteiger partial charge is 0.491 e. The third-order valence-corrected chi connectivity index (χ3v) is 5.88. The van der Waals surface area contributed by atoms with Crippen molar-refractivity contribution in [3.05, 3.63) is 59.9 Å². The maximum absolute atomic E-state index is 13.3. The molecule has 0 saturated heterocycles. The van der Waals surface area contributed by atoms with Crippen molar-refractivity contribution in [2.24, 2.45) is 4.99 Å². The van der Waals surface area contributed by atoms with Crippen LogP contribution >= 0.6 is 0 Å². The minimum Gasteiger partial charge on any atom is -0.491 e. The molecule has 0 fully saturated rings. The number of nitrogens with zero attached hydrogens (tertiary/aromatic N) is 1. The average molecular weight is 436 g/mol. The van der Waals surface area contributed by atoms with Gasteiger partial charge in [-0.15, -0.1) is 0 Å². The van der Waals surface area contributed by atoms with Gasteiger partial charge in [-0.05, 0) is 62.2 Å². The van der Waals surface area contributed by atoms with E-state index in [4.69, 9.17) is 4.74 Å². The van der Waals surface area contributed by atoms with E-state index in [1.807, 2.05) is 44.2 Å². The molecule has 2 aromatic rings. The summed E-state index contributed by atoms with van der Waals surface area (Å²) in [4.78, 5) is 4.38. The monoisotopic (exact) mass is 435 g/mol. The summed E-state index contributed by atoms with van der Waals surface area (Å²) >= 11 is 0. The van der Waals surface area contributed by atoms with E-state index in [1.165, 1.54) is 12.1 Å². The Kier molecular flexibility index (Phi) is 9.11. The molecule has 6 nitrogen and oxygen atoms in total. The number of hydrogen-bond acceptors (Lipinski definition) is 4. The fourth-order valence-electron chi connectivity index (χ4n) is 2.62. The zero-order valence-electron chi connectivity index (χ0n) is 17.7. The van der Waals surface area contributed by atoms with Crippen molar-refractivity contribution in [2.75, 3.05) is 29.9 Å². The van der Waals surface area contributed by atoms with Gasteiger partial charge < -0.3 is 15.4 Å². The SMILES string of the molecule is CCS(=O)(=O)CCN=C(NCCc1cccc(F)c1)Nc1ccc(OC(C)C)cc1. The maximum atomic E-state index is 13.3. The zero-order valence-corrected chi connectivity index (χ0v) is 18.5. The first-order valence-electron chi connectivity index (χ1n) is 10.0. The van der Waals surface area contributed by atoms with Crippen molar-refractivity contribution in [1.29, 1.82) is 0 Å². The van der Waals surface area contributed by atoms with Crippen LogP contribution in [-0.4, -0.2) is 45.1 Å². The summed E-state index contributed by atoms with van der Waals surface area (Å²) in [7, 11) is -3.09. The molecule has 0 saturated carbocycles. The molecular weight excluding hydrogens is 405 g/mol. The molecule has 2 N–H and O–H groups in total. The second kappa shape index (κ2) is 11.5. The van der Waals surface area contributed by atoms with Crippen LogP contribution in [0.25, 0.3) is 0 Å². The summed E-state index contributed by atoms with van der Waals surface area (Å²) in [6.07, 6.45) is 0.693. The van der Waals surface area contributed by atoms with Crippen molar-refractivity contribution in [2.45, 2.75) is 33.3 Å². The maximum Gasteiger partial charge on any atom is 0.195 e. The lowest BCUT2D eigenvalue weighted by atomic mass is 10.1. The second-order valence-electron chi connectivity index (χ2n) is 7.09. The molecule has 0 aromatic heterocycles. The van der Waals surface area contributed by atoms with E-state index in [-0.39, 0.29) is 30.0 Å². The van der Waals surface area contributed by atoms with Crippen LogP contribution in [0.1, 0.15) is 26.3 Å². The van der Waals surface area contributed by atoms with Crippen molar-refractivity contribution in [1.82, 2.24) is 5.32 Å². The first-order valence-corrected chi connectivity index (χ1v) is 11.9. The van der Waals surface area contributed by atoms with E-state index < -0.39 is 9.84 Å². The summed E-state index contributed by atoms with van der Waals surface area (Å²) in [6, 6.07) is 13.9. The van der Waals surface area contributed by atoms with Crippen LogP contribution in [0.2, 0.25) is 0 Å². The topological polar surface area (TPSA) is 79.8 Å². The van der Waals surface area contributed by atoms with Crippen LogP contribution in [0.4, 0.5) is 10.1 Å². The molecule has 0 unspecified atom stereocenters. The molecule has 0 bridgehead atoms. The van der Waals surface area contributed by atoms with E-state index in [2.05, 4.69) is 15.6 Å². The molecule has 8 heteroatoms. The Morgan fingerprint density at radius 1 is 1.17 bits per heavy atom. The third kappa shape index (κ3) is 8.82. The Hall–Kier alpha value is -2.61.